The summed E-state index contributed by atoms with van der Waals surface area (Å²) in [5.41, 5.74) is 0.779. The monoisotopic (exact) mass is 270 g/mol. The van der Waals surface area contributed by atoms with Gasteiger partial charge >= 0.3 is 0 Å². The lowest BCUT2D eigenvalue weighted by Crippen LogP contribution is -2.52. The van der Waals surface area contributed by atoms with Gasteiger partial charge in [0.25, 0.3) is 5.91 Å². The fraction of sp³-hybridized carbons (Fsp3) is 0.667. The van der Waals surface area contributed by atoms with Crippen molar-refractivity contribution >= 4 is 17.2 Å². The number of nitrogens with zero attached hydrogens (tertiary/aromatic N) is 2. The minimum atomic E-state index is -0.278. The summed E-state index contributed by atoms with van der Waals surface area (Å²) in [4.78, 5) is 19.2. The van der Waals surface area contributed by atoms with E-state index < -0.39 is 0 Å². The zero-order chi connectivity index (χ0) is 13.3. The molecular formula is C12H18N2O3S. The zero-order valence-electron chi connectivity index (χ0n) is 10.8. The van der Waals surface area contributed by atoms with Crippen LogP contribution in [0.3, 0.4) is 0 Å². The number of amides is 1. The predicted molar refractivity (Wildman–Crippen MR) is 68.9 cm³/mol. The highest BCUT2D eigenvalue weighted by Crippen LogP contribution is 2.22. The third-order valence-electron chi connectivity index (χ3n) is 3.07. The van der Waals surface area contributed by atoms with Gasteiger partial charge in [0.1, 0.15) is 4.88 Å². The summed E-state index contributed by atoms with van der Waals surface area (Å²) < 4.78 is 5.43. The molecule has 0 aliphatic carbocycles. The number of aromatic nitrogens is 1. The van der Waals surface area contributed by atoms with Crippen molar-refractivity contribution in [3.8, 4) is 0 Å². The molecule has 1 aliphatic heterocycles. The maximum absolute atomic E-state index is 12.5. The van der Waals surface area contributed by atoms with E-state index in [4.69, 9.17) is 9.84 Å². The quantitative estimate of drug-likeness (QED) is 0.870. The number of carbonyl (C=O) groups is 1. The van der Waals surface area contributed by atoms with Crippen molar-refractivity contribution in [3.63, 3.8) is 0 Å². The summed E-state index contributed by atoms with van der Waals surface area (Å²) in [6, 6.07) is 0.0297. The second-order valence-corrected chi connectivity index (χ2v) is 5.80. The first-order valence-electron chi connectivity index (χ1n) is 6.00. The Morgan fingerprint density at radius 2 is 2.33 bits per heavy atom. The Balaban J connectivity index is 2.19. The molecule has 0 spiro atoms. The summed E-state index contributed by atoms with van der Waals surface area (Å²) in [5.74, 6) is -0.00708. The number of carbonyl (C=O) groups excluding carboxylic acids is 1. The van der Waals surface area contributed by atoms with Crippen LogP contribution in [0.4, 0.5) is 0 Å². The van der Waals surface area contributed by atoms with Gasteiger partial charge in [0.15, 0.2) is 0 Å². The van der Waals surface area contributed by atoms with Gasteiger partial charge in [-0.3, -0.25) is 4.79 Å². The third-order valence-corrected chi connectivity index (χ3v) is 4.13. The molecule has 18 heavy (non-hydrogen) atoms. The maximum atomic E-state index is 12.5. The van der Waals surface area contributed by atoms with Crippen molar-refractivity contribution in [1.29, 1.82) is 0 Å². The highest BCUT2D eigenvalue weighted by atomic mass is 32.1. The van der Waals surface area contributed by atoms with Gasteiger partial charge in [0.05, 0.1) is 36.1 Å². The minimum Gasteiger partial charge on any atom is -0.394 e. The van der Waals surface area contributed by atoms with Crippen molar-refractivity contribution in [2.45, 2.75) is 32.9 Å². The number of thiazole rings is 1. The van der Waals surface area contributed by atoms with Gasteiger partial charge in [0, 0.05) is 6.54 Å². The van der Waals surface area contributed by atoms with Crippen LogP contribution in [0.25, 0.3) is 0 Å². The lowest BCUT2D eigenvalue weighted by atomic mass is 10.2. The molecule has 2 rings (SSSR count). The van der Waals surface area contributed by atoms with Gasteiger partial charge in [0.2, 0.25) is 0 Å². The molecule has 1 aromatic rings. The largest absolute Gasteiger partial charge is 0.394 e. The van der Waals surface area contributed by atoms with Crippen LogP contribution in [0.2, 0.25) is 0 Å². The fourth-order valence-electron chi connectivity index (χ4n) is 2.07. The highest BCUT2D eigenvalue weighted by molar-refractivity contribution is 7.13. The first kappa shape index (κ1) is 13.5. The van der Waals surface area contributed by atoms with Crippen LogP contribution in [-0.2, 0) is 4.74 Å². The molecular weight excluding hydrogens is 252 g/mol. The van der Waals surface area contributed by atoms with E-state index >= 15 is 0 Å². The van der Waals surface area contributed by atoms with Crippen LogP contribution >= 0.6 is 11.3 Å². The number of morpholine rings is 1. The molecule has 6 heteroatoms. The van der Waals surface area contributed by atoms with Gasteiger partial charge in [-0.2, -0.15) is 0 Å². The van der Waals surface area contributed by atoms with Gasteiger partial charge in [-0.15, -0.1) is 11.3 Å². The predicted octanol–water partition coefficient (Wildman–Crippen LogP) is 0.982. The molecule has 0 bridgehead atoms. The van der Waals surface area contributed by atoms with Crippen LogP contribution < -0.4 is 0 Å². The number of rotatable bonds is 2. The second kappa shape index (κ2) is 5.34. The van der Waals surface area contributed by atoms with E-state index in [0.29, 0.717) is 18.0 Å². The van der Waals surface area contributed by atoms with Crippen LogP contribution in [0.5, 0.6) is 0 Å². The summed E-state index contributed by atoms with van der Waals surface area (Å²) in [6.45, 7) is 6.55. The molecule has 2 atom stereocenters. The Kier molecular flexibility index (Phi) is 3.99. The molecule has 1 N–H and O–H groups in total. The molecule has 2 unspecified atom stereocenters. The smallest absolute Gasteiger partial charge is 0.266 e. The topological polar surface area (TPSA) is 62.7 Å². The van der Waals surface area contributed by atoms with E-state index in [1.54, 1.807) is 4.90 Å². The molecule has 1 amide bonds. The summed E-state index contributed by atoms with van der Waals surface area (Å²) in [7, 11) is 0. The molecule has 2 heterocycles. The van der Waals surface area contributed by atoms with Crippen molar-refractivity contribution < 1.29 is 14.6 Å². The summed E-state index contributed by atoms with van der Waals surface area (Å²) in [6.07, 6.45) is -0.278. The van der Waals surface area contributed by atoms with Gasteiger partial charge in [-0.1, -0.05) is 0 Å². The molecule has 0 aromatic carbocycles. The molecule has 5 nitrogen and oxygen atoms in total. The lowest BCUT2D eigenvalue weighted by Gasteiger charge is -2.37. The second-order valence-electron chi connectivity index (χ2n) is 4.59. The van der Waals surface area contributed by atoms with E-state index in [1.807, 2.05) is 20.8 Å². The Labute approximate surface area is 110 Å². The van der Waals surface area contributed by atoms with Crippen molar-refractivity contribution in [2.75, 3.05) is 19.8 Å². The summed E-state index contributed by atoms with van der Waals surface area (Å²) in [5, 5.41) is 10.0. The number of aliphatic hydroxyl groups is 1. The van der Waals surface area contributed by atoms with Gasteiger partial charge in [-0.25, -0.2) is 4.98 Å². The van der Waals surface area contributed by atoms with Gasteiger partial charge < -0.3 is 14.7 Å². The van der Waals surface area contributed by atoms with E-state index in [1.165, 1.54) is 11.3 Å². The number of aryl methyl sites for hydroxylation is 2. The highest BCUT2D eigenvalue weighted by Gasteiger charge is 2.31. The fourth-order valence-corrected chi connectivity index (χ4v) is 2.95. The number of aliphatic hydroxyl groups excluding tert-OH is 1. The van der Waals surface area contributed by atoms with Crippen molar-refractivity contribution in [1.82, 2.24) is 9.88 Å². The zero-order valence-corrected chi connectivity index (χ0v) is 11.7. The third kappa shape index (κ3) is 2.55. The molecule has 1 fully saturated rings. The average Bonchev–Trinajstić information content (AvgIpc) is 2.68. The van der Waals surface area contributed by atoms with Crippen LogP contribution in [0.1, 0.15) is 27.3 Å². The molecule has 0 radical (unpaired) electrons. The van der Waals surface area contributed by atoms with E-state index in [0.717, 1.165) is 10.7 Å². The van der Waals surface area contributed by atoms with Gasteiger partial charge in [-0.05, 0) is 20.8 Å². The molecule has 1 aromatic heterocycles. The Hall–Kier alpha value is -0.980. The van der Waals surface area contributed by atoms with Crippen LogP contribution in [0.15, 0.2) is 0 Å². The SMILES string of the molecule is Cc1nc(C)c(C(=O)N2CC(CO)OCC2C)s1. The first-order chi connectivity index (χ1) is 8.52. The summed E-state index contributed by atoms with van der Waals surface area (Å²) >= 11 is 1.42. The molecule has 1 saturated heterocycles. The number of ether oxygens (including phenoxy) is 1. The number of hydrogen-bond donors (Lipinski definition) is 1. The average molecular weight is 270 g/mol. The lowest BCUT2D eigenvalue weighted by molar-refractivity contribution is -0.0666. The van der Waals surface area contributed by atoms with Crippen LogP contribution in [-0.4, -0.2) is 52.8 Å². The van der Waals surface area contributed by atoms with Crippen molar-refractivity contribution in [2.24, 2.45) is 0 Å². The Morgan fingerprint density at radius 1 is 1.61 bits per heavy atom. The maximum Gasteiger partial charge on any atom is 0.266 e. The minimum absolute atomic E-state index is 0.00708. The van der Waals surface area contributed by atoms with Crippen LogP contribution in [0, 0.1) is 13.8 Å². The van der Waals surface area contributed by atoms with Crippen molar-refractivity contribution in [3.05, 3.63) is 15.6 Å². The number of hydrogen-bond acceptors (Lipinski definition) is 5. The van der Waals surface area contributed by atoms with E-state index in [2.05, 4.69) is 4.98 Å². The van der Waals surface area contributed by atoms with E-state index in [9.17, 15) is 4.79 Å². The standard InChI is InChI=1S/C12H18N2O3S/c1-7-6-17-10(5-15)4-14(7)12(16)11-8(2)13-9(3)18-11/h7,10,15H,4-6H2,1-3H3. The molecule has 1 aliphatic rings. The Morgan fingerprint density at radius 3 is 2.89 bits per heavy atom. The first-order valence-corrected chi connectivity index (χ1v) is 6.82. The molecule has 100 valence electrons. The van der Waals surface area contributed by atoms with E-state index in [-0.39, 0.29) is 24.7 Å². The molecule has 0 saturated carbocycles. The Bertz CT molecular complexity index is 447. The normalized spacial score (nSPS) is 24.3.